The summed E-state index contributed by atoms with van der Waals surface area (Å²) >= 11 is 0. The highest BCUT2D eigenvalue weighted by molar-refractivity contribution is 5.80. The maximum absolute atomic E-state index is 4.44. The minimum Gasteiger partial charge on any atom is -0.374 e. The van der Waals surface area contributed by atoms with Crippen LogP contribution in [0.1, 0.15) is 18.4 Å². The Morgan fingerprint density at radius 3 is 2.78 bits per heavy atom. The summed E-state index contributed by atoms with van der Waals surface area (Å²) in [5, 5.41) is 4.12. The molecular formula is C14H18N4. The van der Waals surface area contributed by atoms with Crippen molar-refractivity contribution in [1.29, 1.82) is 0 Å². The molecule has 1 N–H and O–H groups in total. The highest BCUT2D eigenvalue weighted by Crippen LogP contribution is 2.31. The fourth-order valence-corrected chi connectivity index (χ4v) is 2.56. The molecule has 1 fully saturated rings. The second-order valence-electron chi connectivity index (χ2n) is 5.13. The molecule has 0 atom stereocenters. The summed E-state index contributed by atoms with van der Waals surface area (Å²) in [6.07, 6.45) is 5.89. The van der Waals surface area contributed by atoms with Crippen LogP contribution < -0.4 is 10.3 Å². The van der Waals surface area contributed by atoms with E-state index in [-0.39, 0.29) is 0 Å². The molecule has 1 aliphatic carbocycles. The van der Waals surface area contributed by atoms with Crippen molar-refractivity contribution in [3.8, 4) is 0 Å². The molecule has 1 aromatic carbocycles. The lowest BCUT2D eigenvalue weighted by molar-refractivity contribution is 0.273. The molecule has 4 heterocycles. The number of hydrazone groups is 1. The summed E-state index contributed by atoms with van der Waals surface area (Å²) in [6.45, 7) is 1.12. The molecule has 0 saturated heterocycles. The Balaban J connectivity index is 1.83. The third-order valence-corrected chi connectivity index (χ3v) is 3.71. The molecule has 6 rings (SSSR count). The Bertz CT molecular complexity index is 457. The van der Waals surface area contributed by atoms with Crippen LogP contribution in [0, 0.1) is 5.92 Å². The normalized spacial score (nSPS) is 28.2. The van der Waals surface area contributed by atoms with E-state index in [2.05, 4.69) is 51.7 Å². The van der Waals surface area contributed by atoms with Crippen LogP contribution >= 0.6 is 0 Å². The lowest BCUT2D eigenvalue weighted by atomic mass is 9.80. The third-order valence-electron chi connectivity index (χ3n) is 3.71. The first-order valence-corrected chi connectivity index (χ1v) is 6.43. The third kappa shape index (κ3) is 2.37. The van der Waals surface area contributed by atoms with E-state index in [1.165, 1.54) is 18.5 Å². The molecule has 1 aromatic rings. The Hall–Kier alpha value is -1.84. The molecule has 0 unspecified atom stereocenters. The van der Waals surface area contributed by atoms with E-state index < -0.39 is 0 Å². The first kappa shape index (κ1) is 11.3. The van der Waals surface area contributed by atoms with E-state index in [0.29, 0.717) is 6.04 Å². The molecule has 1 saturated carbocycles. The Morgan fingerprint density at radius 2 is 2.00 bits per heavy atom. The van der Waals surface area contributed by atoms with Crippen LogP contribution in [0.2, 0.25) is 0 Å². The van der Waals surface area contributed by atoms with Crippen LogP contribution in [0.4, 0.5) is 5.69 Å². The van der Waals surface area contributed by atoms with E-state index in [1.807, 2.05) is 6.21 Å². The summed E-state index contributed by atoms with van der Waals surface area (Å²) in [5.41, 5.74) is 5.22. The van der Waals surface area contributed by atoms with Gasteiger partial charge in [-0.05, 0) is 36.5 Å². The van der Waals surface area contributed by atoms with Gasteiger partial charge in [0.15, 0.2) is 0 Å². The molecule has 4 aliphatic heterocycles. The fourth-order valence-electron chi connectivity index (χ4n) is 2.56. The minimum atomic E-state index is 0.481. The topological polar surface area (TPSA) is 40.0 Å². The molecule has 4 heteroatoms. The molecule has 18 heavy (non-hydrogen) atoms. The van der Waals surface area contributed by atoms with Crippen LogP contribution in [0.5, 0.6) is 0 Å². The lowest BCUT2D eigenvalue weighted by Crippen LogP contribution is -2.36. The molecule has 5 aliphatic rings. The zero-order valence-electron chi connectivity index (χ0n) is 10.6. The summed E-state index contributed by atoms with van der Waals surface area (Å²) in [7, 11) is 2.16. The van der Waals surface area contributed by atoms with E-state index in [1.54, 1.807) is 6.34 Å². The summed E-state index contributed by atoms with van der Waals surface area (Å²) < 4.78 is 0. The van der Waals surface area contributed by atoms with Gasteiger partial charge in [0.05, 0.1) is 12.3 Å². The molecule has 0 amide bonds. The van der Waals surface area contributed by atoms with Crippen molar-refractivity contribution >= 4 is 18.2 Å². The maximum Gasteiger partial charge on any atom is 0.103 e. The predicted octanol–water partition coefficient (Wildman–Crippen LogP) is 1.87. The van der Waals surface area contributed by atoms with E-state index in [4.69, 9.17) is 0 Å². The molecule has 0 aromatic heterocycles. The lowest BCUT2D eigenvalue weighted by Gasteiger charge is -2.36. The predicted molar refractivity (Wildman–Crippen MR) is 75.4 cm³/mol. The monoisotopic (exact) mass is 242 g/mol. The number of anilines is 1. The summed E-state index contributed by atoms with van der Waals surface area (Å²) in [6, 6.07) is 8.96. The average Bonchev–Trinajstić information content (AvgIpc) is 2.35. The van der Waals surface area contributed by atoms with Crippen molar-refractivity contribution in [2.75, 3.05) is 18.5 Å². The van der Waals surface area contributed by atoms with Gasteiger partial charge in [-0.3, -0.25) is 10.4 Å². The van der Waals surface area contributed by atoms with Gasteiger partial charge < -0.3 is 4.90 Å². The van der Waals surface area contributed by atoms with Crippen LogP contribution in [-0.2, 0) is 0 Å². The zero-order valence-corrected chi connectivity index (χ0v) is 10.6. The number of rotatable bonds is 0. The summed E-state index contributed by atoms with van der Waals surface area (Å²) in [5.74, 6) is 0.767. The van der Waals surface area contributed by atoms with Crippen molar-refractivity contribution in [2.45, 2.75) is 18.9 Å². The van der Waals surface area contributed by atoms with Crippen molar-refractivity contribution in [3.63, 3.8) is 0 Å². The Morgan fingerprint density at radius 1 is 1.22 bits per heavy atom. The second-order valence-corrected chi connectivity index (χ2v) is 5.13. The van der Waals surface area contributed by atoms with Gasteiger partial charge in [0, 0.05) is 19.3 Å². The van der Waals surface area contributed by atoms with E-state index >= 15 is 0 Å². The van der Waals surface area contributed by atoms with E-state index in [9.17, 15) is 0 Å². The fraction of sp³-hybridized carbons (Fsp3) is 0.429. The molecule has 0 spiro atoms. The van der Waals surface area contributed by atoms with Crippen LogP contribution in [0.15, 0.2) is 34.4 Å². The van der Waals surface area contributed by atoms with Crippen molar-refractivity contribution in [2.24, 2.45) is 16.0 Å². The molecule has 0 radical (unpaired) electrons. The SMILES string of the molecule is CN1CC2CC(C2)N=CN/N=C/c2ccc1cc2. The standard InChI is InChI=1S/C14H18N4/c1-18-9-12-6-13(7-12)15-10-17-16-8-11-2-4-14(18)5-3-11/h2-5,8,10,12-13H,6-7,9H2,1H3,(H,15,17)/b16-8+. The zero-order chi connectivity index (χ0) is 12.4. The van der Waals surface area contributed by atoms with Crippen molar-refractivity contribution in [3.05, 3.63) is 29.8 Å². The van der Waals surface area contributed by atoms with E-state index in [0.717, 1.165) is 18.0 Å². The highest BCUT2D eigenvalue weighted by Gasteiger charge is 2.29. The summed E-state index contributed by atoms with van der Waals surface area (Å²) in [4.78, 5) is 6.77. The molecular weight excluding hydrogens is 224 g/mol. The minimum absolute atomic E-state index is 0.481. The van der Waals surface area contributed by atoms with Gasteiger partial charge in [0.1, 0.15) is 6.34 Å². The van der Waals surface area contributed by atoms with Gasteiger partial charge in [0.2, 0.25) is 0 Å². The number of nitrogens with one attached hydrogen (secondary N) is 1. The van der Waals surface area contributed by atoms with Gasteiger partial charge >= 0.3 is 0 Å². The number of nitrogens with zero attached hydrogens (tertiary/aromatic N) is 3. The first-order valence-electron chi connectivity index (χ1n) is 6.43. The maximum atomic E-state index is 4.44. The van der Waals surface area contributed by atoms with Gasteiger partial charge in [-0.1, -0.05) is 12.1 Å². The average molecular weight is 242 g/mol. The largest absolute Gasteiger partial charge is 0.374 e. The first-order chi connectivity index (χ1) is 8.81. The smallest absolute Gasteiger partial charge is 0.103 e. The number of aliphatic imine (C=N–C) groups is 1. The van der Waals surface area contributed by atoms with Gasteiger partial charge in [0.25, 0.3) is 0 Å². The quantitative estimate of drug-likeness (QED) is 0.754. The van der Waals surface area contributed by atoms with Crippen LogP contribution in [-0.4, -0.2) is 32.2 Å². The highest BCUT2D eigenvalue weighted by atomic mass is 15.3. The number of hydrogen-bond acceptors (Lipinski definition) is 4. The molecule has 4 nitrogen and oxygen atoms in total. The molecule has 94 valence electrons. The van der Waals surface area contributed by atoms with Crippen LogP contribution in [0.25, 0.3) is 0 Å². The second kappa shape index (κ2) is 4.80. The van der Waals surface area contributed by atoms with Gasteiger partial charge in [-0.15, -0.1) is 0 Å². The van der Waals surface area contributed by atoms with Crippen LogP contribution in [0.3, 0.4) is 0 Å². The number of hydrogen-bond donors (Lipinski definition) is 1. The Labute approximate surface area is 107 Å². The van der Waals surface area contributed by atoms with Crippen molar-refractivity contribution < 1.29 is 0 Å². The molecule has 4 bridgehead atoms. The van der Waals surface area contributed by atoms with Crippen molar-refractivity contribution in [1.82, 2.24) is 5.43 Å². The van der Waals surface area contributed by atoms with Gasteiger partial charge in [-0.2, -0.15) is 5.10 Å². The Kier molecular flexibility index (Phi) is 3.00. The number of benzene rings is 1. The van der Waals surface area contributed by atoms with Gasteiger partial charge in [-0.25, -0.2) is 0 Å².